The highest BCUT2D eigenvalue weighted by Crippen LogP contribution is 2.22. The molecular weight excluding hydrogens is 164 g/mol. The Hall–Kier alpha value is -1.00. The Kier molecular flexibility index (Phi) is 2.12. The van der Waals surface area contributed by atoms with Crippen molar-refractivity contribution in [1.29, 1.82) is 0 Å². The van der Waals surface area contributed by atoms with Crippen molar-refractivity contribution in [2.45, 2.75) is 32.7 Å². The molecular formula is C7H11F2N3. The largest absolute Gasteiger partial charge is 0.262 e. The molecule has 0 unspecified atom stereocenters. The topological polar surface area (TPSA) is 30.7 Å². The van der Waals surface area contributed by atoms with Gasteiger partial charge in [0.25, 0.3) is 6.43 Å². The van der Waals surface area contributed by atoms with E-state index in [1.165, 1.54) is 24.7 Å². The molecule has 0 saturated heterocycles. The molecule has 0 N–H and O–H groups in total. The molecule has 0 aliphatic heterocycles. The monoisotopic (exact) mass is 175 g/mol. The molecule has 68 valence electrons. The van der Waals surface area contributed by atoms with E-state index in [-0.39, 0.29) is 0 Å². The van der Waals surface area contributed by atoms with E-state index in [4.69, 9.17) is 0 Å². The van der Waals surface area contributed by atoms with E-state index in [2.05, 4.69) is 10.3 Å². The van der Waals surface area contributed by atoms with Crippen LogP contribution in [0.25, 0.3) is 0 Å². The number of nitrogens with zero attached hydrogens (tertiary/aromatic N) is 3. The van der Waals surface area contributed by atoms with E-state index in [9.17, 15) is 8.78 Å². The van der Waals surface area contributed by atoms with Crippen molar-refractivity contribution in [2.24, 2.45) is 0 Å². The van der Waals surface area contributed by atoms with Crippen molar-refractivity contribution in [2.75, 3.05) is 0 Å². The van der Waals surface area contributed by atoms with Gasteiger partial charge in [-0.15, -0.1) is 5.10 Å². The van der Waals surface area contributed by atoms with Crippen LogP contribution < -0.4 is 0 Å². The first kappa shape index (κ1) is 9.09. The van der Waals surface area contributed by atoms with E-state index in [1.807, 2.05) is 0 Å². The molecule has 0 aliphatic rings. The first-order valence-corrected chi connectivity index (χ1v) is 3.62. The average Bonchev–Trinajstić information content (AvgIpc) is 2.35. The maximum absolute atomic E-state index is 12.4. The normalized spacial score (nSPS) is 12.5. The minimum absolute atomic E-state index is 0.642. The van der Waals surface area contributed by atoms with Gasteiger partial charge in [0.15, 0.2) is 0 Å². The second kappa shape index (κ2) is 2.80. The number of aryl methyl sites for hydroxylation is 1. The smallest absolute Gasteiger partial charge is 0.241 e. The van der Waals surface area contributed by atoms with E-state index < -0.39 is 12.0 Å². The van der Waals surface area contributed by atoms with Gasteiger partial charge in [0.1, 0.15) is 5.54 Å². The van der Waals surface area contributed by atoms with Crippen molar-refractivity contribution < 1.29 is 8.78 Å². The zero-order chi connectivity index (χ0) is 9.35. The Balaban J connectivity index is 2.97. The van der Waals surface area contributed by atoms with E-state index in [1.54, 1.807) is 6.92 Å². The Labute approximate surface area is 69.4 Å². The molecule has 1 aromatic heterocycles. The number of hydrogen-bond donors (Lipinski definition) is 0. The summed E-state index contributed by atoms with van der Waals surface area (Å²) < 4.78 is 26.0. The summed E-state index contributed by atoms with van der Waals surface area (Å²) >= 11 is 0. The number of halogens is 2. The van der Waals surface area contributed by atoms with Crippen molar-refractivity contribution in [3.05, 3.63) is 11.9 Å². The van der Waals surface area contributed by atoms with Crippen molar-refractivity contribution in [3.8, 4) is 0 Å². The minimum Gasteiger partial charge on any atom is -0.241 e. The van der Waals surface area contributed by atoms with Crippen LogP contribution in [0.5, 0.6) is 0 Å². The summed E-state index contributed by atoms with van der Waals surface area (Å²) in [5.41, 5.74) is -0.634. The molecule has 0 atom stereocenters. The summed E-state index contributed by atoms with van der Waals surface area (Å²) in [6.45, 7) is 4.56. The van der Waals surface area contributed by atoms with Gasteiger partial charge in [-0.05, 0) is 20.8 Å². The number of aromatic nitrogens is 3. The summed E-state index contributed by atoms with van der Waals surface area (Å²) in [5, 5.41) is 7.24. The Morgan fingerprint density at radius 1 is 1.50 bits per heavy atom. The summed E-state index contributed by atoms with van der Waals surface area (Å²) in [5.74, 6) is 0. The molecule has 0 amide bonds. The van der Waals surface area contributed by atoms with Crippen molar-refractivity contribution in [3.63, 3.8) is 0 Å². The molecule has 0 fully saturated rings. The fourth-order valence-corrected chi connectivity index (χ4v) is 0.729. The van der Waals surface area contributed by atoms with Crippen LogP contribution in [0, 0.1) is 6.92 Å². The second-order valence-corrected chi connectivity index (χ2v) is 3.26. The maximum Gasteiger partial charge on any atom is 0.262 e. The molecule has 1 heterocycles. The lowest BCUT2D eigenvalue weighted by Crippen LogP contribution is -2.34. The highest BCUT2D eigenvalue weighted by Gasteiger charge is 2.32. The Bertz CT molecular complexity index is 267. The molecule has 3 nitrogen and oxygen atoms in total. The first-order chi connectivity index (χ1) is 5.44. The van der Waals surface area contributed by atoms with Crippen LogP contribution in [0.1, 0.15) is 19.5 Å². The number of rotatable bonds is 2. The predicted molar refractivity (Wildman–Crippen MR) is 40.1 cm³/mol. The van der Waals surface area contributed by atoms with Gasteiger partial charge in [-0.3, -0.25) is 0 Å². The highest BCUT2D eigenvalue weighted by atomic mass is 19.3. The fraction of sp³-hybridized carbons (Fsp3) is 0.714. The molecule has 0 saturated carbocycles. The minimum atomic E-state index is -2.45. The molecule has 0 spiro atoms. The summed E-state index contributed by atoms with van der Waals surface area (Å²) in [4.78, 5) is 0. The van der Waals surface area contributed by atoms with Crippen LogP contribution in [-0.4, -0.2) is 21.4 Å². The van der Waals surface area contributed by atoms with Crippen LogP contribution >= 0.6 is 0 Å². The molecule has 1 rings (SSSR count). The van der Waals surface area contributed by atoms with Crippen LogP contribution in [0.2, 0.25) is 0 Å². The number of alkyl halides is 2. The third-order valence-corrected chi connectivity index (χ3v) is 1.73. The lowest BCUT2D eigenvalue weighted by atomic mass is 10.1. The van der Waals surface area contributed by atoms with Crippen molar-refractivity contribution >= 4 is 0 Å². The van der Waals surface area contributed by atoms with Gasteiger partial charge >= 0.3 is 0 Å². The third-order valence-electron chi connectivity index (χ3n) is 1.73. The van der Waals surface area contributed by atoms with Gasteiger partial charge in [-0.1, -0.05) is 5.21 Å². The van der Waals surface area contributed by atoms with Gasteiger partial charge < -0.3 is 0 Å². The molecule has 0 aromatic carbocycles. The molecule has 0 radical (unpaired) electrons. The molecule has 12 heavy (non-hydrogen) atoms. The standard InChI is InChI=1S/C7H11F2N3/c1-5-4-12(11-10-5)7(2,3)6(8)9/h4,6H,1-3H3. The first-order valence-electron chi connectivity index (χ1n) is 3.62. The van der Waals surface area contributed by atoms with Gasteiger partial charge in [0.05, 0.1) is 5.69 Å². The van der Waals surface area contributed by atoms with Crippen LogP contribution in [0.15, 0.2) is 6.20 Å². The van der Waals surface area contributed by atoms with Crippen LogP contribution in [0.3, 0.4) is 0 Å². The van der Waals surface area contributed by atoms with Gasteiger partial charge in [0.2, 0.25) is 0 Å². The lowest BCUT2D eigenvalue weighted by molar-refractivity contribution is 0.0191. The maximum atomic E-state index is 12.4. The Morgan fingerprint density at radius 2 is 2.08 bits per heavy atom. The molecule has 0 aliphatic carbocycles. The summed E-state index contributed by atoms with van der Waals surface area (Å²) in [6.07, 6.45) is -0.940. The fourth-order valence-electron chi connectivity index (χ4n) is 0.729. The number of hydrogen-bond acceptors (Lipinski definition) is 2. The van der Waals surface area contributed by atoms with E-state index >= 15 is 0 Å². The van der Waals surface area contributed by atoms with Gasteiger partial charge in [0, 0.05) is 6.20 Å². The summed E-state index contributed by atoms with van der Waals surface area (Å²) in [6, 6.07) is 0. The molecule has 5 heteroatoms. The van der Waals surface area contributed by atoms with Gasteiger partial charge in [-0.2, -0.15) is 0 Å². The zero-order valence-electron chi connectivity index (χ0n) is 7.25. The Morgan fingerprint density at radius 3 is 2.42 bits per heavy atom. The average molecular weight is 175 g/mol. The van der Waals surface area contributed by atoms with E-state index in [0.29, 0.717) is 5.69 Å². The lowest BCUT2D eigenvalue weighted by Gasteiger charge is -2.22. The second-order valence-electron chi connectivity index (χ2n) is 3.26. The van der Waals surface area contributed by atoms with Crippen LogP contribution in [-0.2, 0) is 5.54 Å². The van der Waals surface area contributed by atoms with Crippen LogP contribution in [0.4, 0.5) is 8.78 Å². The SMILES string of the molecule is Cc1cn(C(C)(C)C(F)F)nn1. The van der Waals surface area contributed by atoms with Gasteiger partial charge in [-0.25, -0.2) is 13.5 Å². The third kappa shape index (κ3) is 1.44. The molecule has 1 aromatic rings. The highest BCUT2D eigenvalue weighted by molar-refractivity contribution is 4.91. The summed E-state index contributed by atoms with van der Waals surface area (Å²) in [7, 11) is 0. The molecule has 0 bridgehead atoms. The van der Waals surface area contributed by atoms with E-state index in [0.717, 1.165) is 0 Å². The zero-order valence-corrected chi connectivity index (χ0v) is 7.25. The predicted octanol–water partition coefficient (Wildman–Crippen LogP) is 1.59. The quantitative estimate of drug-likeness (QED) is 0.683. The van der Waals surface area contributed by atoms with Crippen molar-refractivity contribution in [1.82, 2.24) is 15.0 Å².